The number of nitrogens with two attached hydrogens (primary N) is 1. The van der Waals surface area contributed by atoms with Gasteiger partial charge in [0.25, 0.3) is 0 Å². The van der Waals surface area contributed by atoms with Crippen molar-refractivity contribution < 1.29 is 4.79 Å². The highest BCUT2D eigenvalue weighted by Gasteiger charge is 2.11. The van der Waals surface area contributed by atoms with Gasteiger partial charge in [0.2, 0.25) is 0 Å². The Morgan fingerprint density at radius 3 is 2.81 bits per heavy atom. The molecule has 0 radical (unpaired) electrons. The summed E-state index contributed by atoms with van der Waals surface area (Å²) in [4.78, 5) is 11.7. The zero-order chi connectivity index (χ0) is 12.0. The molecule has 0 aromatic carbocycles. The molecule has 0 saturated carbocycles. The van der Waals surface area contributed by atoms with Crippen molar-refractivity contribution in [3.8, 4) is 0 Å². The minimum absolute atomic E-state index is 0.257. The normalized spacial score (nSPS) is 12.7. The lowest BCUT2D eigenvalue weighted by Crippen LogP contribution is -2.18. The van der Waals surface area contributed by atoms with Crippen LogP contribution < -0.4 is 5.73 Å². The third-order valence-corrected chi connectivity index (χ3v) is 2.84. The number of hydrogen-bond acceptors (Lipinski definition) is 3. The summed E-state index contributed by atoms with van der Waals surface area (Å²) in [6.07, 6.45) is 5.74. The van der Waals surface area contributed by atoms with Gasteiger partial charge in [0.15, 0.2) is 0 Å². The van der Waals surface area contributed by atoms with Crippen LogP contribution in [-0.4, -0.2) is 22.1 Å². The van der Waals surface area contributed by atoms with Crippen molar-refractivity contribution in [2.75, 3.05) is 6.54 Å². The Labute approximate surface area is 96.8 Å². The molecule has 1 aromatic rings. The minimum Gasteiger partial charge on any atom is -0.330 e. The summed E-state index contributed by atoms with van der Waals surface area (Å²) in [6.45, 7) is 5.53. The van der Waals surface area contributed by atoms with Gasteiger partial charge in [-0.15, -0.1) is 0 Å². The summed E-state index contributed by atoms with van der Waals surface area (Å²) in [7, 11) is 0. The molecule has 1 rings (SSSR count). The van der Waals surface area contributed by atoms with Crippen molar-refractivity contribution in [2.24, 2.45) is 11.7 Å². The largest absolute Gasteiger partial charge is 0.330 e. The minimum atomic E-state index is 0.257. The first-order valence-electron chi connectivity index (χ1n) is 5.92. The Bertz CT molecular complexity index is 329. The number of hydrogen-bond donors (Lipinski definition) is 1. The molecule has 0 saturated heterocycles. The molecule has 0 aliphatic carbocycles. The van der Waals surface area contributed by atoms with Gasteiger partial charge in [-0.05, 0) is 24.9 Å². The molecule has 0 bridgehead atoms. The number of Topliss-reactive ketones (excluding diaryl/α,β-unsaturated/α-hetero) is 1. The maximum Gasteiger partial charge on any atom is 0.137 e. The molecule has 1 aromatic heterocycles. The first-order valence-corrected chi connectivity index (χ1v) is 5.92. The molecule has 0 aliphatic heterocycles. The van der Waals surface area contributed by atoms with Crippen LogP contribution in [0.15, 0.2) is 12.4 Å². The standard InChI is InChI=1S/C12H21N3O/c1-3-10(7-13)5-12(16)6-11-8-14-15(4-2)9-11/h8-10H,3-7,13H2,1-2H3. The first kappa shape index (κ1) is 12.9. The Hall–Kier alpha value is -1.16. The molecule has 1 atom stereocenters. The molecule has 0 amide bonds. The van der Waals surface area contributed by atoms with Gasteiger partial charge in [-0.1, -0.05) is 13.3 Å². The van der Waals surface area contributed by atoms with Crippen LogP contribution >= 0.6 is 0 Å². The third-order valence-electron chi connectivity index (χ3n) is 2.84. The van der Waals surface area contributed by atoms with Crippen LogP contribution in [0.2, 0.25) is 0 Å². The second-order valence-electron chi connectivity index (χ2n) is 4.13. The molecule has 90 valence electrons. The van der Waals surface area contributed by atoms with Crippen LogP contribution in [0.3, 0.4) is 0 Å². The van der Waals surface area contributed by atoms with E-state index in [9.17, 15) is 4.79 Å². The highest BCUT2D eigenvalue weighted by Crippen LogP contribution is 2.09. The van der Waals surface area contributed by atoms with Crippen LogP contribution in [0.25, 0.3) is 0 Å². The quantitative estimate of drug-likeness (QED) is 0.760. The number of aryl methyl sites for hydroxylation is 1. The lowest BCUT2D eigenvalue weighted by Gasteiger charge is -2.09. The molecule has 0 aliphatic rings. The zero-order valence-electron chi connectivity index (χ0n) is 10.1. The Morgan fingerprint density at radius 1 is 1.56 bits per heavy atom. The van der Waals surface area contributed by atoms with Gasteiger partial charge >= 0.3 is 0 Å². The summed E-state index contributed by atoms with van der Waals surface area (Å²) >= 11 is 0. The molecule has 2 N–H and O–H groups in total. The van der Waals surface area contributed by atoms with Gasteiger partial charge in [0.05, 0.1) is 6.20 Å². The molecular formula is C12H21N3O. The van der Waals surface area contributed by atoms with E-state index in [4.69, 9.17) is 5.73 Å². The summed E-state index contributed by atoms with van der Waals surface area (Å²) in [5.74, 6) is 0.585. The van der Waals surface area contributed by atoms with Gasteiger partial charge in [0, 0.05) is 25.6 Å². The fourth-order valence-corrected chi connectivity index (χ4v) is 1.69. The topological polar surface area (TPSA) is 60.9 Å². The lowest BCUT2D eigenvalue weighted by atomic mass is 9.97. The summed E-state index contributed by atoms with van der Waals surface area (Å²) < 4.78 is 1.84. The number of ketones is 1. The number of carbonyl (C=O) groups excluding carboxylic acids is 1. The zero-order valence-corrected chi connectivity index (χ0v) is 10.1. The van der Waals surface area contributed by atoms with E-state index in [1.807, 2.05) is 17.8 Å². The molecule has 4 nitrogen and oxygen atoms in total. The summed E-state index contributed by atoms with van der Waals surface area (Å²) in [5, 5.41) is 4.15. The molecule has 0 fully saturated rings. The van der Waals surface area contributed by atoms with E-state index in [1.54, 1.807) is 6.20 Å². The second kappa shape index (κ2) is 6.43. The molecule has 4 heteroatoms. The fourth-order valence-electron chi connectivity index (χ4n) is 1.69. The van der Waals surface area contributed by atoms with Gasteiger partial charge in [0.1, 0.15) is 5.78 Å². The van der Waals surface area contributed by atoms with E-state index in [0.717, 1.165) is 18.5 Å². The summed E-state index contributed by atoms with van der Waals surface area (Å²) in [6, 6.07) is 0. The van der Waals surface area contributed by atoms with Crippen molar-refractivity contribution >= 4 is 5.78 Å². The Kier molecular flexibility index (Phi) is 5.19. The highest BCUT2D eigenvalue weighted by atomic mass is 16.1. The summed E-state index contributed by atoms with van der Waals surface area (Å²) in [5.41, 5.74) is 6.58. The van der Waals surface area contributed by atoms with Crippen LogP contribution in [-0.2, 0) is 17.8 Å². The van der Waals surface area contributed by atoms with Crippen LogP contribution in [0.4, 0.5) is 0 Å². The van der Waals surface area contributed by atoms with Crippen LogP contribution in [0.5, 0.6) is 0 Å². The average Bonchev–Trinajstić information content (AvgIpc) is 2.73. The van der Waals surface area contributed by atoms with Crippen molar-refractivity contribution in [3.63, 3.8) is 0 Å². The van der Waals surface area contributed by atoms with Crippen molar-refractivity contribution in [2.45, 2.75) is 39.7 Å². The van der Waals surface area contributed by atoms with Gasteiger partial charge < -0.3 is 5.73 Å². The number of nitrogens with zero attached hydrogens (tertiary/aromatic N) is 2. The number of rotatable bonds is 7. The predicted octanol–water partition coefficient (Wildman–Crippen LogP) is 1.39. The predicted molar refractivity (Wildman–Crippen MR) is 64.1 cm³/mol. The fraction of sp³-hybridized carbons (Fsp3) is 0.667. The van der Waals surface area contributed by atoms with Gasteiger partial charge in [-0.2, -0.15) is 5.10 Å². The van der Waals surface area contributed by atoms with E-state index in [0.29, 0.717) is 25.3 Å². The van der Waals surface area contributed by atoms with Crippen molar-refractivity contribution in [1.29, 1.82) is 0 Å². The molecular weight excluding hydrogens is 202 g/mol. The average molecular weight is 223 g/mol. The van der Waals surface area contributed by atoms with E-state index < -0.39 is 0 Å². The maximum atomic E-state index is 11.7. The van der Waals surface area contributed by atoms with E-state index in [2.05, 4.69) is 12.0 Å². The van der Waals surface area contributed by atoms with Gasteiger partial charge in [-0.3, -0.25) is 9.48 Å². The lowest BCUT2D eigenvalue weighted by molar-refractivity contribution is -0.119. The Balaban J connectivity index is 2.44. The Morgan fingerprint density at radius 2 is 2.31 bits per heavy atom. The molecule has 1 heterocycles. The number of carbonyl (C=O) groups is 1. The number of aromatic nitrogens is 2. The SMILES string of the molecule is CCC(CN)CC(=O)Cc1cnn(CC)c1. The highest BCUT2D eigenvalue weighted by molar-refractivity contribution is 5.80. The smallest absolute Gasteiger partial charge is 0.137 e. The third kappa shape index (κ3) is 3.77. The van der Waals surface area contributed by atoms with Crippen LogP contribution in [0.1, 0.15) is 32.3 Å². The van der Waals surface area contributed by atoms with E-state index in [-0.39, 0.29) is 5.78 Å². The van der Waals surface area contributed by atoms with Crippen LogP contribution in [0, 0.1) is 5.92 Å². The van der Waals surface area contributed by atoms with Crippen molar-refractivity contribution in [3.05, 3.63) is 18.0 Å². The van der Waals surface area contributed by atoms with E-state index in [1.165, 1.54) is 0 Å². The molecule has 1 unspecified atom stereocenters. The monoisotopic (exact) mass is 223 g/mol. The first-order chi connectivity index (χ1) is 7.69. The van der Waals surface area contributed by atoms with Crippen molar-refractivity contribution in [1.82, 2.24) is 9.78 Å². The van der Waals surface area contributed by atoms with Gasteiger partial charge in [-0.25, -0.2) is 0 Å². The molecule has 16 heavy (non-hydrogen) atoms. The van der Waals surface area contributed by atoms with E-state index >= 15 is 0 Å². The second-order valence-corrected chi connectivity index (χ2v) is 4.13. The maximum absolute atomic E-state index is 11.7. The molecule has 0 spiro atoms.